The number of hydrogen-bond donors (Lipinski definition) is 6. The molecular formula is C33H43N3O6. The van der Waals surface area contributed by atoms with E-state index in [-0.39, 0.29) is 13.1 Å². The maximum atomic E-state index is 12.9. The molecule has 3 rings (SSSR count). The third-order valence-electron chi connectivity index (χ3n) is 7.15. The van der Waals surface area contributed by atoms with E-state index in [1.807, 2.05) is 60.7 Å². The van der Waals surface area contributed by atoms with Crippen LogP contribution in [0, 0.1) is 0 Å². The van der Waals surface area contributed by atoms with Gasteiger partial charge in [-0.15, -0.1) is 0 Å². The number of nitrogens with zero attached hydrogens (tertiary/aromatic N) is 1. The summed E-state index contributed by atoms with van der Waals surface area (Å²) in [4.78, 5) is 26.5. The first-order valence-electron chi connectivity index (χ1n) is 14.2. The molecule has 0 unspecified atom stereocenters. The van der Waals surface area contributed by atoms with Gasteiger partial charge in [-0.1, -0.05) is 91.0 Å². The predicted molar refractivity (Wildman–Crippen MR) is 162 cm³/mol. The van der Waals surface area contributed by atoms with Crippen LogP contribution in [-0.4, -0.2) is 80.2 Å². The van der Waals surface area contributed by atoms with Gasteiger partial charge in [-0.3, -0.25) is 9.69 Å². The zero-order valence-electron chi connectivity index (χ0n) is 24.4. The molecule has 2 amide bonds. The van der Waals surface area contributed by atoms with Crippen LogP contribution < -0.4 is 10.6 Å². The predicted octanol–water partition coefficient (Wildman–Crippen LogP) is 3.15. The molecule has 6 N–H and O–H groups in total. The average Bonchev–Trinajstić information content (AvgIpc) is 2.96. The number of benzene rings is 3. The highest BCUT2D eigenvalue weighted by Gasteiger charge is 2.37. The largest absolute Gasteiger partial charge is 0.465 e. The summed E-state index contributed by atoms with van der Waals surface area (Å²) in [6.07, 6.45) is -4.08. The molecule has 0 saturated heterocycles. The number of aliphatic hydroxyl groups excluding tert-OH is 3. The third kappa shape index (κ3) is 9.66. The molecule has 0 aromatic heterocycles. The van der Waals surface area contributed by atoms with Crippen LogP contribution in [0.5, 0.6) is 0 Å². The normalized spacial score (nSPS) is 15.2. The fraction of sp³-hybridized carbons (Fsp3) is 0.394. The van der Waals surface area contributed by atoms with Crippen molar-refractivity contribution in [1.82, 2.24) is 15.5 Å². The van der Waals surface area contributed by atoms with Crippen molar-refractivity contribution in [3.8, 4) is 0 Å². The monoisotopic (exact) mass is 577 g/mol. The first-order valence-corrected chi connectivity index (χ1v) is 14.2. The van der Waals surface area contributed by atoms with Gasteiger partial charge in [0.2, 0.25) is 0 Å². The van der Waals surface area contributed by atoms with E-state index >= 15 is 0 Å². The van der Waals surface area contributed by atoms with Crippen LogP contribution in [0.2, 0.25) is 0 Å². The summed E-state index contributed by atoms with van der Waals surface area (Å²) in [6, 6.07) is 25.8. The minimum Gasteiger partial charge on any atom is -0.465 e. The number of amides is 2. The Morgan fingerprint density at radius 2 is 1.21 bits per heavy atom. The second-order valence-corrected chi connectivity index (χ2v) is 11.5. The summed E-state index contributed by atoms with van der Waals surface area (Å²) in [5.74, 6) is -0.633. The second kappa shape index (κ2) is 15.5. The van der Waals surface area contributed by atoms with Gasteiger partial charge in [0.25, 0.3) is 5.91 Å². The smallest absolute Gasteiger partial charge is 0.408 e. The number of hydrogen-bond acceptors (Lipinski definition) is 6. The van der Waals surface area contributed by atoms with Gasteiger partial charge in [0.05, 0.1) is 24.3 Å². The van der Waals surface area contributed by atoms with Crippen LogP contribution in [0.15, 0.2) is 91.0 Å². The van der Waals surface area contributed by atoms with Gasteiger partial charge in [-0.05, 0) is 50.3 Å². The van der Waals surface area contributed by atoms with Gasteiger partial charge in [0, 0.05) is 18.6 Å². The highest BCUT2D eigenvalue weighted by molar-refractivity contribution is 5.82. The van der Waals surface area contributed by atoms with Gasteiger partial charge >= 0.3 is 6.09 Å². The van der Waals surface area contributed by atoms with Crippen molar-refractivity contribution >= 4 is 12.0 Å². The molecular weight excluding hydrogens is 534 g/mol. The lowest BCUT2D eigenvalue weighted by atomic mass is 9.94. The number of nitrogens with one attached hydrogen (secondary N) is 2. The van der Waals surface area contributed by atoms with E-state index in [0.717, 1.165) is 11.1 Å². The maximum absolute atomic E-state index is 12.9. The maximum Gasteiger partial charge on any atom is 0.408 e. The quantitative estimate of drug-likeness (QED) is 0.173. The van der Waals surface area contributed by atoms with Gasteiger partial charge < -0.3 is 31.1 Å². The lowest BCUT2D eigenvalue weighted by molar-refractivity contribution is -0.131. The van der Waals surface area contributed by atoms with E-state index in [1.54, 1.807) is 51.1 Å². The van der Waals surface area contributed by atoms with Crippen molar-refractivity contribution in [1.29, 1.82) is 0 Å². The van der Waals surface area contributed by atoms with E-state index in [9.17, 15) is 30.0 Å². The highest BCUT2D eigenvalue weighted by Crippen LogP contribution is 2.23. The van der Waals surface area contributed by atoms with Crippen LogP contribution in [0.1, 0.15) is 43.6 Å². The molecule has 0 spiro atoms. The summed E-state index contributed by atoms with van der Waals surface area (Å²) in [5, 5.41) is 48.8. The molecule has 0 heterocycles. The first-order chi connectivity index (χ1) is 20.0. The fourth-order valence-electron chi connectivity index (χ4n) is 5.04. The number of aliphatic hydroxyl groups is 3. The van der Waals surface area contributed by atoms with Gasteiger partial charge in [0.15, 0.2) is 6.10 Å². The van der Waals surface area contributed by atoms with Crippen LogP contribution >= 0.6 is 0 Å². The Balaban J connectivity index is 1.71. The zero-order valence-corrected chi connectivity index (χ0v) is 24.4. The Morgan fingerprint density at radius 3 is 1.71 bits per heavy atom. The number of carbonyl (C=O) groups is 2. The molecule has 0 aliphatic heterocycles. The van der Waals surface area contributed by atoms with E-state index in [4.69, 9.17) is 0 Å². The Labute approximate surface area is 247 Å². The van der Waals surface area contributed by atoms with E-state index in [0.29, 0.717) is 18.4 Å². The minimum absolute atomic E-state index is 0.00701. The Kier molecular flexibility index (Phi) is 12.1. The lowest BCUT2D eigenvalue weighted by Crippen LogP contribution is -2.58. The fourth-order valence-corrected chi connectivity index (χ4v) is 5.04. The number of rotatable bonds is 14. The van der Waals surface area contributed by atoms with Crippen molar-refractivity contribution in [3.05, 3.63) is 108 Å². The molecule has 9 nitrogen and oxygen atoms in total. The van der Waals surface area contributed by atoms with Gasteiger partial charge in [-0.25, -0.2) is 4.79 Å². The third-order valence-corrected chi connectivity index (χ3v) is 7.15. The van der Waals surface area contributed by atoms with Crippen molar-refractivity contribution in [2.75, 3.05) is 13.1 Å². The molecule has 5 atom stereocenters. The summed E-state index contributed by atoms with van der Waals surface area (Å²) >= 11 is 0. The molecule has 0 aliphatic carbocycles. The van der Waals surface area contributed by atoms with Crippen LogP contribution in [-0.2, 0) is 17.6 Å². The van der Waals surface area contributed by atoms with Crippen molar-refractivity contribution in [3.63, 3.8) is 0 Å². The SMILES string of the molecule is CC(C)(C)N(C(=O)O)[C@@H](Cc1ccccc1)[C@H](O)CNC[C@@H](O)[C@H](Cc1ccccc1)NC(=O)[C@@H](O)c1ccccc1. The lowest BCUT2D eigenvalue weighted by Gasteiger charge is -2.42. The topological polar surface area (TPSA) is 142 Å². The summed E-state index contributed by atoms with van der Waals surface area (Å²) < 4.78 is 0. The van der Waals surface area contributed by atoms with Crippen molar-refractivity contribution < 1.29 is 30.0 Å². The zero-order chi connectivity index (χ0) is 30.7. The molecule has 0 bridgehead atoms. The highest BCUT2D eigenvalue weighted by atomic mass is 16.4. The molecule has 3 aromatic carbocycles. The van der Waals surface area contributed by atoms with E-state index < -0.39 is 47.9 Å². The van der Waals surface area contributed by atoms with Gasteiger partial charge in [0.1, 0.15) is 0 Å². The van der Waals surface area contributed by atoms with Crippen LogP contribution in [0.25, 0.3) is 0 Å². The molecule has 0 fully saturated rings. The van der Waals surface area contributed by atoms with Gasteiger partial charge in [-0.2, -0.15) is 0 Å². The molecule has 42 heavy (non-hydrogen) atoms. The first kappa shape index (κ1) is 32.8. The molecule has 0 radical (unpaired) electrons. The second-order valence-electron chi connectivity index (χ2n) is 11.5. The molecule has 0 aliphatic rings. The van der Waals surface area contributed by atoms with E-state index in [1.165, 1.54) is 4.90 Å². The number of carboxylic acid groups (broad SMARTS) is 1. The van der Waals surface area contributed by atoms with Crippen molar-refractivity contribution in [2.24, 2.45) is 0 Å². The molecule has 9 heteroatoms. The molecule has 3 aromatic rings. The van der Waals surface area contributed by atoms with E-state index in [2.05, 4.69) is 10.6 Å². The average molecular weight is 578 g/mol. The Bertz CT molecular complexity index is 1240. The minimum atomic E-state index is -1.40. The summed E-state index contributed by atoms with van der Waals surface area (Å²) in [7, 11) is 0. The van der Waals surface area contributed by atoms with Crippen LogP contribution in [0.4, 0.5) is 4.79 Å². The molecule has 226 valence electrons. The summed E-state index contributed by atoms with van der Waals surface area (Å²) in [6.45, 7) is 5.36. The Hall–Kier alpha value is -3.76. The standard InChI is InChI=1S/C33H43N3O6/c1-33(2,3)36(32(41)42)27(20-24-15-9-5-10-16-24)29(38)22-34-21-28(37)26(19-23-13-7-4-8-14-23)35-31(40)30(39)25-17-11-6-12-18-25/h4-18,26-30,34,37-39H,19-22H2,1-3H3,(H,35,40)(H,41,42)/t26-,27-,28+,29+,30-/m0/s1. The molecule has 0 saturated carbocycles. The Morgan fingerprint density at radius 1 is 0.738 bits per heavy atom. The summed E-state index contributed by atoms with van der Waals surface area (Å²) in [5.41, 5.74) is 1.45. The van der Waals surface area contributed by atoms with Crippen LogP contribution in [0.3, 0.4) is 0 Å². The number of carbonyl (C=O) groups excluding carboxylic acids is 1. The van der Waals surface area contributed by atoms with Crippen molar-refractivity contribution in [2.45, 2.75) is 69.5 Å².